The molecule has 3 aliphatic heterocycles. The molecular weight excluding hydrogens is 384 g/mol. The fourth-order valence-corrected chi connectivity index (χ4v) is 4.01. The number of piperazine rings is 1. The Balaban J connectivity index is 1.56. The Bertz CT molecular complexity index is 930. The molecule has 2 saturated heterocycles. The first-order valence-electron chi connectivity index (χ1n) is 9.49. The summed E-state index contributed by atoms with van der Waals surface area (Å²) >= 11 is 0. The van der Waals surface area contributed by atoms with Crippen LogP contribution >= 0.6 is 0 Å². The molecule has 2 bridgehead atoms. The molecule has 1 aromatic carbocycles. The molecular formula is C20H21F2N3O4. The summed E-state index contributed by atoms with van der Waals surface area (Å²) in [7, 11) is 0. The van der Waals surface area contributed by atoms with E-state index in [2.05, 4.69) is 5.32 Å². The highest BCUT2D eigenvalue weighted by Crippen LogP contribution is 2.34. The lowest BCUT2D eigenvalue weighted by atomic mass is 9.97. The number of aliphatic hydroxyl groups excluding tert-OH is 2. The van der Waals surface area contributed by atoms with Crippen LogP contribution in [0.15, 0.2) is 41.4 Å². The molecule has 3 heterocycles. The van der Waals surface area contributed by atoms with E-state index in [1.54, 1.807) is 9.80 Å². The minimum Gasteiger partial charge on any atom is -0.507 e. The molecule has 4 rings (SSSR count). The molecule has 7 nitrogen and oxygen atoms in total. The predicted octanol–water partition coefficient (Wildman–Crippen LogP) is 1.31. The number of carbonyl (C=O) groups excluding carboxylic acids is 2. The molecule has 29 heavy (non-hydrogen) atoms. The van der Waals surface area contributed by atoms with Crippen LogP contribution in [0.25, 0.3) is 0 Å². The maximum absolute atomic E-state index is 13.8. The summed E-state index contributed by atoms with van der Waals surface area (Å²) in [6.45, 7) is 0.858. The lowest BCUT2D eigenvalue weighted by molar-refractivity contribution is -0.133. The average molecular weight is 405 g/mol. The molecule has 0 radical (unpaired) electrons. The number of nitrogens with zero attached hydrogens (tertiary/aromatic N) is 2. The average Bonchev–Trinajstić information content (AvgIpc) is 2.91. The summed E-state index contributed by atoms with van der Waals surface area (Å²) < 4.78 is 26.8. The third-order valence-corrected chi connectivity index (χ3v) is 5.58. The van der Waals surface area contributed by atoms with Gasteiger partial charge in [-0.3, -0.25) is 9.59 Å². The fraction of sp³-hybridized carbons (Fsp3) is 0.400. The number of aliphatic hydroxyl groups is 2. The summed E-state index contributed by atoms with van der Waals surface area (Å²) in [6, 6.07) is 2.92. The van der Waals surface area contributed by atoms with Gasteiger partial charge in [-0.15, -0.1) is 0 Å². The Morgan fingerprint density at radius 1 is 1.28 bits per heavy atom. The van der Waals surface area contributed by atoms with Crippen molar-refractivity contribution in [1.29, 1.82) is 0 Å². The molecule has 3 aliphatic rings. The molecule has 0 aliphatic carbocycles. The van der Waals surface area contributed by atoms with Crippen LogP contribution in [0.5, 0.6) is 0 Å². The zero-order chi connectivity index (χ0) is 20.7. The van der Waals surface area contributed by atoms with Gasteiger partial charge in [-0.2, -0.15) is 0 Å². The number of benzene rings is 1. The lowest BCUT2D eigenvalue weighted by Gasteiger charge is -2.43. The van der Waals surface area contributed by atoms with Crippen LogP contribution in [0.3, 0.4) is 0 Å². The summed E-state index contributed by atoms with van der Waals surface area (Å²) in [5, 5.41) is 23.4. The van der Waals surface area contributed by atoms with Crippen molar-refractivity contribution >= 4 is 11.8 Å². The molecule has 9 heteroatoms. The van der Waals surface area contributed by atoms with Gasteiger partial charge < -0.3 is 25.3 Å². The van der Waals surface area contributed by atoms with Crippen molar-refractivity contribution in [3.63, 3.8) is 0 Å². The molecule has 1 unspecified atom stereocenters. The molecule has 0 spiro atoms. The quantitative estimate of drug-likeness (QED) is 0.705. The SMILES string of the molecule is O=C(NCc1ccc(F)cc1F)C1=CN2C(=C(O)C1O)C(=O)N1CCCC[C@@H]2C1. The van der Waals surface area contributed by atoms with Crippen molar-refractivity contribution in [2.45, 2.75) is 38.0 Å². The van der Waals surface area contributed by atoms with E-state index in [1.807, 2.05) is 0 Å². The number of carbonyl (C=O) groups is 2. The van der Waals surface area contributed by atoms with E-state index in [0.29, 0.717) is 19.2 Å². The molecule has 0 aromatic heterocycles. The van der Waals surface area contributed by atoms with E-state index in [0.717, 1.165) is 25.3 Å². The van der Waals surface area contributed by atoms with E-state index in [-0.39, 0.29) is 35.3 Å². The molecule has 2 amide bonds. The number of hydrogen-bond acceptors (Lipinski definition) is 5. The van der Waals surface area contributed by atoms with Gasteiger partial charge in [-0.1, -0.05) is 6.07 Å². The molecule has 1 aromatic rings. The number of rotatable bonds is 3. The number of halogens is 2. The summed E-state index contributed by atoms with van der Waals surface area (Å²) in [4.78, 5) is 28.5. The summed E-state index contributed by atoms with van der Waals surface area (Å²) in [5.74, 6) is -3.17. The maximum atomic E-state index is 13.8. The molecule has 2 fully saturated rings. The Morgan fingerprint density at radius 2 is 2.07 bits per heavy atom. The Kier molecular flexibility index (Phi) is 4.99. The summed E-state index contributed by atoms with van der Waals surface area (Å²) in [5.41, 5.74) is -0.0605. The number of nitrogens with one attached hydrogen (secondary N) is 1. The second-order valence-electron chi connectivity index (χ2n) is 7.45. The Hall–Kier alpha value is -2.94. The van der Waals surface area contributed by atoms with Gasteiger partial charge in [0.2, 0.25) is 0 Å². The first-order valence-corrected chi connectivity index (χ1v) is 9.49. The minimum atomic E-state index is -1.66. The van der Waals surface area contributed by atoms with Gasteiger partial charge in [0.1, 0.15) is 23.4 Å². The van der Waals surface area contributed by atoms with Crippen LogP contribution in [0.2, 0.25) is 0 Å². The maximum Gasteiger partial charge on any atom is 0.274 e. The van der Waals surface area contributed by atoms with Gasteiger partial charge in [-0.25, -0.2) is 8.78 Å². The highest BCUT2D eigenvalue weighted by Gasteiger charge is 2.43. The Labute approximate surface area is 165 Å². The second-order valence-corrected chi connectivity index (χ2v) is 7.45. The van der Waals surface area contributed by atoms with Crippen LogP contribution < -0.4 is 5.32 Å². The van der Waals surface area contributed by atoms with E-state index in [9.17, 15) is 28.6 Å². The van der Waals surface area contributed by atoms with E-state index in [1.165, 1.54) is 12.3 Å². The van der Waals surface area contributed by atoms with Crippen LogP contribution in [0.4, 0.5) is 8.78 Å². The smallest absolute Gasteiger partial charge is 0.274 e. The van der Waals surface area contributed by atoms with Crippen molar-refractivity contribution < 1.29 is 28.6 Å². The van der Waals surface area contributed by atoms with Crippen molar-refractivity contribution in [3.05, 3.63) is 58.6 Å². The van der Waals surface area contributed by atoms with E-state index >= 15 is 0 Å². The van der Waals surface area contributed by atoms with E-state index in [4.69, 9.17) is 0 Å². The van der Waals surface area contributed by atoms with Crippen molar-refractivity contribution in [2.75, 3.05) is 13.1 Å². The van der Waals surface area contributed by atoms with Gasteiger partial charge in [0.15, 0.2) is 5.76 Å². The Morgan fingerprint density at radius 3 is 2.83 bits per heavy atom. The highest BCUT2D eigenvalue weighted by atomic mass is 19.1. The van der Waals surface area contributed by atoms with Crippen molar-refractivity contribution in [2.24, 2.45) is 0 Å². The normalized spacial score (nSPS) is 24.1. The van der Waals surface area contributed by atoms with Gasteiger partial charge in [0.05, 0.1) is 11.6 Å². The third-order valence-electron chi connectivity index (χ3n) is 5.58. The van der Waals surface area contributed by atoms with Gasteiger partial charge in [0.25, 0.3) is 11.8 Å². The lowest BCUT2D eigenvalue weighted by Crippen LogP contribution is -2.54. The zero-order valence-electron chi connectivity index (χ0n) is 15.6. The van der Waals surface area contributed by atoms with Gasteiger partial charge >= 0.3 is 0 Å². The minimum absolute atomic E-state index is 0.00298. The van der Waals surface area contributed by atoms with E-state index < -0.39 is 29.4 Å². The first kappa shape index (κ1) is 19.4. The van der Waals surface area contributed by atoms with Crippen LogP contribution in [0.1, 0.15) is 24.8 Å². The van der Waals surface area contributed by atoms with Gasteiger partial charge in [-0.05, 0) is 25.3 Å². The van der Waals surface area contributed by atoms with Gasteiger partial charge in [0, 0.05) is 37.5 Å². The molecule has 3 N–H and O–H groups in total. The van der Waals surface area contributed by atoms with Crippen LogP contribution in [-0.4, -0.2) is 57.1 Å². The predicted molar refractivity (Wildman–Crippen MR) is 98.0 cm³/mol. The highest BCUT2D eigenvalue weighted by molar-refractivity contribution is 5.99. The fourth-order valence-electron chi connectivity index (χ4n) is 4.01. The van der Waals surface area contributed by atoms with Crippen LogP contribution in [-0.2, 0) is 16.1 Å². The number of hydrogen-bond donors (Lipinski definition) is 3. The second kappa shape index (κ2) is 7.47. The number of amides is 2. The summed E-state index contributed by atoms with van der Waals surface area (Å²) in [6.07, 6.45) is 2.27. The van der Waals surface area contributed by atoms with Crippen LogP contribution in [0, 0.1) is 11.6 Å². The monoisotopic (exact) mass is 405 g/mol. The molecule has 2 atom stereocenters. The topological polar surface area (TPSA) is 93.1 Å². The number of fused-ring (bicyclic) bond motifs is 4. The standard InChI is InChI=1S/C20H21F2N3O4/c21-12-5-4-11(15(22)7-12)8-23-19(28)14-10-25-13-3-1-2-6-24(9-13)20(29)16(25)18(27)17(14)26/h4-5,7,10,13,17,26-27H,1-3,6,8-9H2,(H,23,28)/t13-,17?/m1/s1. The molecule has 154 valence electrons. The molecule has 0 saturated carbocycles. The third kappa shape index (κ3) is 3.46. The first-order chi connectivity index (χ1) is 13.9. The van der Waals surface area contributed by atoms with Crippen molar-refractivity contribution in [1.82, 2.24) is 15.1 Å². The zero-order valence-corrected chi connectivity index (χ0v) is 15.6. The van der Waals surface area contributed by atoms with Crippen molar-refractivity contribution in [3.8, 4) is 0 Å². The largest absolute Gasteiger partial charge is 0.507 e.